The summed E-state index contributed by atoms with van der Waals surface area (Å²) in [4.78, 5) is 27.8. The van der Waals surface area contributed by atoms with Crippen LogP contribution in [-0.4, -0.2) is 51.5 Å². The van der Waals surface area contributed by atoms with Gasteiger partial charge in [-0.1, -0.05) is 0 Å². The zero-order chi connectivity index (χ0) is 15.7. The van der Waals surface area contributed by atoms with Crippen LogP contribution >= 0.6 is 0 Å². The lowest BCUT2D eigenvalue weighted by Gasteiger charge is -2.34. The maximum atomic E-state index is 12.1. The fraction of sp³-hybridized carbons (Fsp3) is 0.375. The van der Waals surface area contributed by atoms with Crippen LogP contribution in [0.1, 0.15) is 10.4 Å². The van der Waals surface area contributed by atoms with Crippen molar-refractivity contribution < 1.29 is 13.9 Å². The molecular formula is C16H18N2O4. The number of hydrogen-bond acceptors (Lipinski definition) is 6. The molecule has 0 N–H and O–H groups in total. The Morgan fingerprint density at radius 3 is 2.59 bits per heavy atom. The molecule has 1 aliphatic heterocycles. The molecule has 6 heteroatoms. The number of fused-ring (bicyclic) bond motifs is 1. The highest BCUT2D eigenvalue weighted by Crippen LogP contribution is 2.31. The Balaban J connectivity index is 2.23. The molecule has 1 aliphatic rings. The zero-order valence-electron chi connectivity index (χ0n) is 12.7. The van der Waals surface area contributed by atoms with Gasteiger partial charge < -0.3 is 19.0 Å². The quantitative estimate of drug-likeness (QED) is 0.630. The van der Waals surface area contributed by atoms with Crippen LogP contribution in [0, 0.1) is 0 Å². The van der Waals surface area contributed by atoms with Gasteiger partial charge >= 0.3 is 5.63 Å². The average molecular weight is 302 g/mol. The van der Waals surface area contributed by atoms with Crippen LogP contribution in [0.3, 0.4) is 0 Å². The number of carbonyl (C=O) groups excluding carboxylic acids is 1. The highest BCUT2D eigenvalue weighted by molar-refractivity contribution is 6.00. The largest absolute Gasteiger partial charge is 0.497 e. The molecule has 0 amide bonds. The van der Waals surface area contributed by atoms with E-state index < -0.39 is 5.63 Å². The summed E-state index contributed by atoms with van der Waals surface area (Å²) in [5.74, 6) is 0.661. The first-order valence-electron chi connectivity index (χ1n) is 7.17. The molecule has 1 saturated heterocycles. The lowest BCUT2D eigenvalue weighted by atomic mass is 10.1. The predicted octanol–water partition coefficient (Wildman–Crippen LogP) is 1.37. The standard InChI is InChI=1S/C16H18N2O4/c1-17-5-7-18(8-6-17)15-12-9-11(21-2)3-4-14(12)22-16(20)13(15)10-19/h3-4,9-10H,5-8H2,1-2H3. The Morgan fingerprint density at radius 1 is 1.23 bits per heavy atom. The first-order valence-corrected chi connectivity index (χ1v) is 7.17. The Labute approximate surface area is 127 Å². The number of piperazine rings is 1. The number of benzene rings is 1. The molecule has 0 aliphatic carbocycles. The number of hydrogen-bond donors (Lipinski definition) is 0. The van der Waals surface area contributed by atoms with E-state index in [1.54, 1.807) is 25.3 Å². The second-order valence-electron chi connectivity index (χ2n) is 5.42. The van der Waals surface area contributed by atoms with Gasteiger partial charge in [0.2, 0.25) is 0 Å². The summed E-state index contributed by atoms with van der Waals surface area (Å²) in [7, 11) is 3.63. The van der Waals surface area contributed by atoms with Crippen molar-refractivity contribution in [2.75, 3.05) is 45.2 Å². The molecule has 6 nitrogen and oxygen atoms in total. The summed E-state index contributed by atoms with van der Waals surface area (Å²) < 4.78 is 10.5. The van der Waals surface area contributed by atoms with E-state index >= 15 is 0 Å². The molecule has 0 saturated carbocycles. The fourth-order valence-electron chi connectivity index (χ4n) is 2.78. The van der Waals surface area contributed by atoms with E-state index in [1.807, 2.05) is 0 Å². The summed E-state index contributed by atoms with van der Waals surface area (Å²) in [5.41, 5.74) is 0.588. The van der Waals surface area contributed by atoms with Crippen LogP contribution in [0.25, 0.3) is 11.0 Å². The molecule has 3 rings (SSSR count). The smallest absolute Gasteiger partial charge is 0.349 e. The van der Waals surface area contributed by atoms with Crippen LogP contribution in [0.15, 0.2) is 27.4 Å². The van der Waals surface area contributed by atoms with Crippen LogP contribution in [-0.2, 0) is 0 Å². The van der Waals surface area contributed by atoms with Gasteiger partial charge in [-0.05, 0) is 25.2 Å². The first kappa shape index (κ1) is 14.6. The summed E-state index contributed by atoms with van der Waals surface area (Å²) in [6.45, 7) is 3.27. The van der Waals surface area contributed by atoms with Gasteiger partial charge in [0.15, 0.2) is 6.29 Å². The predicted molar refractivity (Wildman–Crippen MR) is 84.1 cm³/mol. The van der Waals surface area contributed by atoms with Gasteiger partial charge in [0.25, 0.3) is 0 Å². The summed E-state index contributed by atoms with van der Waals surface area (Å²) in [6, 6.07) is 5.24. The van der Waals surface area contributed by atoms with Crippen molar-refractivity contribution in [1.29, 1.82) is 0 Å². The number of likely N-dealkylation sites (N-methyl/N-ethyl adjacent to an activating group) is 1. The highest BCUT2D eigenvalue weighted by atomic mass is 16.5. The molecule has 0 radical (unpaired) electrons. The molecule has 0 bridgehead atoms. The number of rotatable bonds is 3. The Hall–Kier alpha value is -2.34. The van der Waals surface area contributed by atoms with E-state index in [1.165, 1.54) is 0 Å². The van der Waals surface area contributed by atoms with Crippen molar-refractivity contribution in [2.24, 2.45) is 0 Å². The molecule has 0 spiro atoms. The van der Waals surface area contributed by atoms with E-state index in [0.717, 1.165) is 31.6 Å². The van der Waals surface area contributed by atoms with Gasteiger partial charge in [-0.2, -0.15) is 0 Å². The molecule has 116 valence electrons. The molecule has 0 atom stereocenters. The third-order valence-electron chi connectivity index (χ3n) is 4.06. The number of aldehydes is 1. The topological polar surface area (TPSA) is 63.0 Å². The van der Waals surface area contributed by atoms with E-state index in [2.05, 4.69) is 16.8 Å². The lowest BCUT2D eigenvalue weighted by Crippen LogP contribution is -2.45. The Morgan fingerprint density at radius 2 is 1.95 bits per heavy atom. The molecule has 1 fully saturated rings. The van der Waals surface area contributed by atoms with Crippen LogP contribution in [0.4, 0.5) is 5.69 Å². The van der Waals surface area contributed by atoms with Crippen molar-refractivity contribution >= 4 is 22.9 Å². The van der Waals surface area contributed by atoms with Crippen LogP contribution < -0.4 is 15.3 Å². The van der Waals surface area contributed by atoms with E-state index in [9.17, 15) is 9.59 Å². The number of anilines is 1. The van der Waals surface area contributed by atoms with Crippen molar-refractivity contribution in [1.82, 2.24) is 4.90 Å². The summed E-state index contributed by atoms with van der Waals surface area (Å²) in [6.07, 6.45) is 0.582. The Kier molecular flexibility index (Phi) is 3.85. The fourth-order valence-corrected chi connectivity index (χ4v) is 2.78. The first-order chi connectivity index (χ1) is 10.6. The molecule has 2 heterocycles. The minimum Gasteiger partial charge on any atom is -0.497 e. The zero-order valence-corrected chi connectivity index (χ0v) is 12.7. The second kappa shape index (κ2) is 5.81. The van der Waals surface area contributed by atoms with Gasteiger partial charge in [0, 0.05) is 31.6 Å². The number of carbonyl (C=O) groups is 1. The van der Waals surface area contributed by atoms with Gasteiger partial charge in [0.05, 0.1) is 12.8 Å². The van der Waals surface area contributed by atoms with Gasteiger partial charge in [-0.25, -0.2) is 4.79 Å². The molecule has 1 aromatic carbocycles. The monoisotopic (exact) mass is 302 g/mol. The van der Waals surface area contributed by atoms with E-state index in [0.29, 0.717) is 23.3 Å². The van der Waals surface area contributed by atoms with Crippen molar-refractivity contribution in [2.45, 2.75) is 0 Å². The van der Waals surface area contributed by atoms with Crippen molar-refractivity contribution in [3.8, 4) is 5.75 Å². The van der Waals surface area contributed by atoms with Gasteiger partial charge in [0.1, 0.15) is 16.9 Å². The lowest BCUT2D eigenvalue weighted by molar-refractivity contribution is 0.112. The normalized spacial score (nSPS) is 16.0. The highest BCUT2D eigenvalue weighted by Gasteiger charge is 2.23. The van der Waals surface area contributed by atoms with E-state index in [4.69, 9.17) is 9.15 Å². The molecule has 2 aromatic rings. The minimum absolute atomic E-state index is 0.0744. The maximum absolute atomic E-state index is 12.1. The summed E-state index contributed by atoms with van der Waals surface area (Å²) in [5, 5.41) is 0.727. The van der Waals surface area contributed by atoms with Gasteiger partial charge in [-0.3, -0.25) is 4.79 Å². The van der Waals surface area contributed by atoms with E-state index in [-0.39, 0.29) is 5.56 Å². The minimum atomic E-state index is -0.596. The third kappa shape index (κ3) is 2.46. The molecule has 1 aromatic heterocycles. The number of ether oxygens (including phenoxy) is 1. The Bertz CT molecular complexity index is 761. The van der Waals surface area contributed by atoms with Crippen molar-refractivity contribution in [3.63, 3.8) is 0 Å². The SMILES string of the molecule is COc1ccc2oc(=O)c(C=O)c(N3CCN(C)CC3)c2c1. The second-order valence-corrected chi connectivity index (χ2v) is 5.42. The number of methoxy groups -OCH3 is 1. The maximum Gasteiger partial charge on any atom is 0.349 e. The summed E-state index contributed by atoms with van der Waals surface area (Å²) >= 11 is 0. The van der Waals surface area contributed by atoms with Crippen LogP contribution in [0.2, 0.25) is 0 Å². The molecular weight excluding hydrogens is 284 g/mol. The van der Waals surface area contributed by atoms with Crippen molar-refractivity contribution in [3.05, 3.63) is 34.2 Å². The molecule has 0 unspecified atom stereocenters. The third-order valence-corrected chi connectivity index (χ3v) is 4.06. The van der Waals surface area contributed by atoms with Crippen LogP contribution in [0.5, 0.6) is 5.75 Å². The number of nitrogens with zero attached hydrogens (tertiary/aromatic N) is 2. The average Bonchev–Trinajstić information content (AvgIpc) is 2.54. The molecule has 22 heavy (non-hydrogen) atoms. The van der Waals surface area contributed by atoms with Gasteiger partial charge in [-0.15, -0.1) is 0 Å².